The molecule has 11 aromatic rings. The van der Waals surface area contributed by atoms with Gasteiger partial charge in [-0.05, 0) is 85.4 Å². The van der Waals surface area contributed by atoms with Gasteiger partial charge in [0, 0.05) is 39.2 Å². The highest BCUT2D eigenvalue weighted by atomic mass is 28.3. The molecule has 0 unspecified atom stereocenters. The molecule has 3 nitrogen and oxygen atoms in total. The second-order valence-electron chi connectivity index (χ2n) is 17.1. The Bertz CT molecular complexity index is 3440. The lowest BCUT2D eigenvalue weighted by Gasteiger charge is -2.42. The maximum atomic E-state index is 7.40. The van der Waals surface area contributed by atoms with E-state index in [4.69, 9.17) is 4.74 Å². The first-order valence-corrected chi connectivity index (χ1v) is 24.5. The van der Waals surface area contributed by atoms with Gasteiger partial charge in [-0.2, -0.15) is 0 Å². The molecule has 13 rings (SSSR count). The molecule has 0 atom stereocenters. The van der Waals surface area contributed by atoms with Crippen LogP contribution in [0.15, 0.2) is 249 Å². The zero-order valence-electron chi connectivity index (χ0n) is 35.6. The van der Waals surface area contributed by atoms with Crippen LogP contribution in [0.4, 0.5) is 11.4 Å². The Hall–Kier alpha value is -8.12. The lowest BCUT2D eigenvalue weighted by molar-refractivity contribution is 0.487. The summed E-state index contributed by atoms with van der Waals surface area (Å²) in [7, 11) is -2.87. The van der Waals surface area contributed by atoms with Crippen molar-refractivity contribution in [2.24, 2.45) is 0 Å². The highest BCUT2D eigenvalue weighted by molar-refractivity contribution is 7.20. The zero-order chi connectivity index (χ0) is 42.9. The van der Waals surface area contributed by atoms with Crippen LogP contribution in [-0.4, -0.2) is 19.5 Å². The van der Waals surface area contributed by atoms with Gasteiger partial charge in [0.05, 0.1) is 16.7 Å². The lowest BCUT2D eigenvalue weighted by atomic mass is 9.44. The molecular weight excluding hydrogens is 804 g/mol. The minimum atomic E-state index is -2.87. The summed E-state index contributed by atoms with van der Waals surface area (Å²) in [4.78, 5) is 2.52. The molecule has 0 saturated carbocycles. The van der Waals surface area contributed by atoms with E-state index in [1.165, 1.54) is 70.4 Å². The summed E-state index contributed by atoms with van der Waals surface area (Å²) in [5.41, 5.74) is 12.8. The van der Waals surface area contributed by atoms with Crippen molar-refractivity contribution >= 4 is 79.8 Å². The molecule has 65 heavy (non-hydrogen) atoms. The van der Waals surface area contributed by atoms with Gasteiger partial charge >= 0.3 is 6.85 Å². The van der Waals surface area contributed by atoms with Gasteiger partial charge in [-0.15, -0.1) is 0 Å². The molecule has 0 radical (unpaired) electrons. The van der Waals surface area contributed by atoms with Crippen molar-refractivity contribution in [3.63, 3.8) is 0 Å². The van der Waals surface area contributed by atoms with Crippen LogP contribution in [0.3, 0.4) is 0 Å². The van der Waals surface area contributed by atoms with Crippen LogP contribution in [0.1, 0.15) is 0 Å². The molecule has 304 valence electrons. The highest BCUT2D eigenvalue weighted by Gasteiger charge is 2.45. The van der Waals surface area contributed by atoms with Gasteiger partial charge in [0.15, 0.2) is 8.07 Å². The molecule has 2 aliphatic heterocycles. The second-order valence-corrected chi connectivity index (χ2v) is 20.9. The van der Waals surface area contributed by atoms with Crippen molar-refractivity contribution in [1.29, 1.82) is 0 Å². The third kappa shape index (κ3) is 5.69. The Morgan fingerprint density at radius 1 is 0.385 bits per heavy atom. The summed E-state index contributed by atoms with van der Waals surface area (Å²) in [6.45, 7) is -0.135. The van der Waals surface area contributed by atoms with E-state index in [1.807, 2.05) is 0 Å². The number of fused-ring (bicyclic) bond motifs is 7. The van der Waals surface area contributed by atoms with E-state index < -0.39 is 8.07 Å². The van der Waals surface area contributed by atoms with E-state index in [1.54, 1.807) is 0 Å². The van der Waals surface area contributed by atoms with Crippen LogP contribution in [0.2, 0.25) is 0 Å². The Morgan fingerprint density at radius 2 is 0.908 bits per heavy atom. The minimum absolute atomic E-state index is 0.135. The fourth-order valence-electron chi connectivity index (χ4n) is 11.1. The van der Waals surface area contributed by atoms with Crippen LogP contribution in [0.5, 0.6) is 11.5 Å². The van der Waals surface area contributed by atoms with Crippen molar-refractivity contribution in [2.45, 2.75) is 0 Å². The number of ether oxygens (including phenoxy) is 1. The summed E-state index contributed by atoms with van der Waals surface area (Å²) in [5.74, 6) is 1.74. The van der Waals surface area contributed by atoms with Crippen LogP contribution < -0.4 is 41.2 Å². The molecule has 3 heterocycles. The molecule has 1 aromatic heterocycles. The molecule has 10 aromatic carbocycles. The van der Waals surface area contributed by atoms with Gasteiger partial charge in [0.2, 0.25) is 0 Å². The van der Waals surface area contributed by atoms with Crippen molar-refractivity contribution in [1.82, 2.24) is 4.57 Å². The predicted molar refractivity (Wildman–Crippen MR) is 275 cm³/mol. The normalized spacial score (nSPS) is 12.7. The average Bonchev–Trinajstić information content (AvgIpc) is 3.72. The molecule has 5 heteroatoms. The second kappa shape index (κ2) is 15.0. The number of para-hydroxylation sites is 4. The van der Waals surface area contributed by atoms with Crippen molar-refractivity contribution in [2.75, 3.05) is 4.81 Å². The molecule has 0 N–H and O–H groups in total. The van der Waals surface area contributed by atoms with E-state index in [2.05, 4.69) is 258 Å². The third-order valence-electron chi connectivity index (χ3n) is 13.8. The van der Waals surface area contributed by atoms with Crippen LogP contribution in [0.25, 0.3) is 49.7 Å². The summed E-state index contributed by atoms with van der Waals surface area (Å²) >= 11 is 0. The number of hydrogen-bond donors (Lipinski definition) is 0. The first kappa shape index (κ1) is 37.4. The number of rotatable bonds is 7. The monoisotopic (exact) mass is 844 g/mol. The minimum Gasteiger partial charge on any atom is -0.458 e. The SMILES string of the molecule is c1ccc(N2B3c4ccc(-c5ccccc5[Si](c5ccccc5)(c5ccccc5)c5ccccc5)cc4Oc4cc(-n5c6ccccc6c6ccccc65)cc(c43)-c3ccccc32)cc1. The maximum absolute atomic E-state index is 7.40. The fraction of sp³-hybridized carbons (Fsp3) is 0. The Kier molecular flexibility index (Phi) is 8.65. The third-order valence-corrected chi connectivity index (χ3v) is 18.6. The van der Waals surface area contributed by atoms with E-state index in [0.717, 1.165) is 33.9 Å². The highest BCUT2D eigenvalue weighted by Crippen LogP contribution is 2.46. The first-order chi connectivity index (χ1) is 32.3. The van der Waals surface area contributed by atoms with Crippen molar-refractivity contribution in [3.05, 3.63) is 249 Å². The van der Waals surface area contributed by atoms with Crippen LogP contribution in [0, 0.1) is 0 Å². The standard InChI is InChI=1S/C60H41BN2OSi/c1-5-21-43(22-6-1)63-56-35-19-15-32-51(56)52-40-44(62-54-33-17-13-30-49(54)50-31-14-18-34-55(50)62)41-58-60(52)61(63)53-38-37-42(39-57(53)64-58)48-29-16-20-36-59(48)65(45-23-7-2-8-24-45,46-25-9-3-10-26-46)47-27-11-4-12-28-47/h1-41H. The maximum Gasteiger partial charge on any atom is 0.336 e. The van der Waals surface area contributed by atoms with Gasteiger partial charge in [-0.3, -0.25) is 0 Å². The Balaban J connectivity index is 1.06. The molecular formula is C60H41BN2OSi. The number of anilines is 2. The van der Waals surface area contributed by atoms with Crippen molar-refractivity contribution in [3.8, 4) is 39.4 Å². The summed E-state index contributed by atoms with van der Waals surface area (Å²) in [5, 5.41) is 7.85. The quantitative estimate of drug-likeness (QED) is 0.117. The Morgan fingerprint density at radius 3 is 1.54 bits per heavy atom. The zero-order valence-corrected chi connectivity index (χ0v) is 36.6. The predicted octanol–water partition coefficient (Wildman–Crippen LogP) is 10.9. The van der Waals surface area contributed by atoms with E-state index in [0.29, 0.717) is 0 Å². The number of benzene rings is 10. The molecule has 0 bridgehead atoms. The van der Waals surface area contributed by atoms with Gasteiger partial charge in [0.1, 0.15) is 11.5 Å². The largest absolute Gasteiger partial charge is 0.458 e. The van der Waals surface area contributed by atoms with E-state index >= 15 is 0 Å². The molecule has 0 aliphatic carbocycles. The molecule has 0 amide bonds. The van der Waals surface area contributed by atoms with Crippen LogP contribution >= 0.6 is 0 Å². The topological polar surface area (TPSA) is 17.4 Å². The summed E-state index contributed by atoms with van der Waals surface area (Å²) in [6, 6.07) is 91.5. The summed E-state index contributed by atoms with van der Waals surface area (Å²) < 4.78 is 9.81. The molecule has 0 saturated heterocycles. The van der Waals surface area contributed by atoms with Crippen LogP contribution in [-0.2, 0) is 0 Å². The average molecular weight is 845 g/mol. The number of aromatic nitrogens is 1. The van der Waals surface area contributed by atoms with Gasteiger partial charge in [-0.25, -0.2) is 0 Å². The summed E-state index contributed by atoms with van der Waals surface area (Å²) in [6.07, 6.45) is 0. The van der Waals surface area contributed by atoms with E-state index in [9.17, 15) is 0 Å². The lowest BCUT2D eigenvalue weighted by Crippen LogP contribution is -2.75. The fourth-order valence-corrected chi connectivity index (χ4v) is 16.1. The molecule has 0 fully saturated rings. The van der Waals surface area contributed by atoms with Gasteiger partial charge in [-0.1, -0.05) is 200 Å². The molecule has 2 aliphatic rings. The smallest absolute Gasteiger partial charge is 0.336 e. The first-order valence-electron chi connectivity index (χ1n) is 22.5. The number of nitrogens with zero attached hydrogens (tertiary/aromatic N) is 2. The van der Waals surface area contributed by atoms with Gasteiger partial charge in [0.25, 0.3) is 0 Å². The van der Waals surface area contributed by atoms with Gasteiger partial charge < -0.3 is 14.1 Å². The van der Waals surface area contributed by atoms with Crippen molar-refractivity contribution < 1.29 is 4.74 Å². The van der Waals surface area contributed by atoms with E-state index in [-0.39, 0.29) is 6.85 Å². The Labute approximate surface area is 380 Å². The number of hydrogen-bond acceptors (Lipinski definition) is 2. The molecule has 0 spiro atoms.